The smallest absolute Gasteiger partial charge is 0.254 e. The molecular formula is C22H31N5O5. The van der Waals surface area contributed by atoms with E-state index >= 15 is 0 Å². The summed E-state index contributed by atoms with van der Waals surface area (Å²) in [5, 5.41) is 5.49. The molecule has 2 fully saturated rings. The number of amides is 4. The molecule has 0 bridgehead atoms. The Kier molecular flexibility index (Phi) is 7.68. The molecule has 2 aliphatic heterocycles. The van der Waals surface area contributed by atoms with Crippen LogP contribution < -0.4 is 15.5 Å². The second-order valence-corrected chi connectivity index (χ2v) is 8.22. The lowest BCUT2D eigenvalue weighted by Crippen LogP contribution is -2.64. The molecular weight excluding hydrogens is 414 g/mol. The number of piperidine rings is 1. The molecule has 1 aromatic rings. The van der Waals surface area contributed by atoms with Crippen molar-refractivity contribution in [3.8, 4) is 0 Å². The van der Waals surface area contributed by atoms with Crippen LogP contribution in [0, 0.1) is 0 Å². The van der Waals surface area contributed by atoms with Crippen LogP contribution in [0.1, 0.15) is 23.2 Å². The fraction of sp³-hybridized carbons (Fsp3) is 0.545. The van der Waals surface area contributed by atoms with Crippen molar-refractivity contribution >= 4 is 29.3 Å². The zero-order valence-corrected chi connectivity index (χ0v) is 18.8. The Bertz CT molecular complexity index is 857. The van der Waals surface area contributed by atoms with Gasteiger partial charge in [0.2, 0.25) is 17.7 Å². The summed E-state index contributed by atoms with van der Waals surface area (Å²) in [5.74, 6) is -1.22. The molecule has 4 amide bonds. The first-order valence-corrected chi connectivity index (χ1v) is 10.7. The van der Waals surface area contributed by atoms with Gasteiger partial charge in [0.1, 0.15) is 18.7 Å². The van der Waals surface area contributed by atoms with Gasteiger partial charge in [0.05, 0.1) is 6.54 Å². The number of hydrogen-bond donors (Lipinski definition) is 2. The molecule has 1 aromatic carbocycles. The average Bonchev–Trinajstić information content (AvgIpc) is 2.80. The number of rotatable bonds is 6. The molecule has 2 unspecified atom stereocenters. The summed E-state index contributed by atoms with van der Waals surface area (Å²) in [4.78, 5) is 55.7. The predicted octanol–water partition coefficient (Wildman–Crippen LogP) is -0.553. The van der Waals surface area contributed by atoms with E-state index in [4.69, 9.17) is 4.74 Å². The molecule has 32 heavy (non-hydrogen) atoms. The van der Waals surface area contributed by atoms with Crippen molar-refractivity contribution in [3.05, 3.63) is 29.8 Å². The Morgan fingerprint density at radius 2 is 1.91 bits per heavy atom. The van der Waals surface area contributed by atoms with Gasteiger partial charge in [-0.1, -0.05) is 0 Å². The molecule has 174 valence electrons. The van der Waals surface area contributed by atoms with E-state index in [1.165, 1.54) is 12.0 Å². The minimum Gasteiger partial charge on any atom is -0.378 e. The van der Waals surface area contributed by atoms with Crippen LogP contribution in [0.25, 0.3) is 0 Å². The largest absolute Gasteiger partial charge is 0.378 e. The van der Waals surface area contributed by atoms with E-state index < -0.39 is 18.0 Å². The summed E-state index contributed by atoms with van der Waals surface area (Å²) >= 11 is 0. The maximum Gasteiger partial charge on any atom is 0.254 e. The maximum atomic E-state index is 13.1. The van der Waals surface area contributed by atoms with Crippen molar-refractivity contribution in [1.82, 2.24) is 20.4 Å². The zero-order chi connectivity index (χ0) is 23.3. The predicted molar refractivity (Wildman–Crippen MR) is 118 cm³/mol. The fourth-order valence-electron chi connectivity index (χ4n) is 3.96. The van der Waals surface area contributed by atoms with Crippen LogP contribution in [-0.2, 0) is 19.1 Å². The van der Waals surface area contributed by atoms with Crippen LogP contribution in [0.2, 0.25) is 0 Å². The second-order valence-electron chi connectivity index (χ2n) is 8.22. The first-order valence-electron chi connectivity index (χ1n) is 10.7. The van der Waals surface area contributed by atoms with E-state index in [0.29, 0.717) is 25.1 Å². The summed E-state index contributed by atoms with van der Waals surface area (Å²) in [6, 6.07) is 5.68. The SMILES string of the molecule is COCC(=O)N1CCN(C(=O)c2ccc(N(C)C)cc2)CC1C(=O)NC1CCCNC1=O. The van der Waals surface area contributed by atoms with Crippen molar-refractivity contribution in [1.29, 1.82) is 0 Å². The number of benzene rings is 1. The molecule has 2 N–H and O–H groups in total. The molecule has 0 aromatic heterocycles. The minimum absolute atomic E-state index is 0.0455. The van der Waals surface area contributed by atoms with E-state index in [0.717, 1.165) is 12.1 Å². The molecule has 10 heteroatoms. The van der Waals surface area contributed by atoms with Crippen molar-refractivity contribution in [2.45, 2.75) is 24.9 Å². The molecule has 2 aliphatic rings. The van der Waals surface area contributed by atoms with Crippen molar-refractivity contribution < 1.29 is 23.9 Å². The third-order valence-corrected chi connectivity index (χ3v) is 5.79. The number of anilines is 1. The van der Waals surface area contributed by atoms with Gasteiger partial charge < -0.3 is 30.1 Å². The van der Waals surface area contributed by atoms with Gasteiger partial charge in [-0.05, 0) is 37.1 Å². The van der Waals surface area contributed by atoms with Crippen molar-refractivity contribution in [2.24, 2.45) is 0 Å². The number of hydrogen-bond acceptors (Lipinski definition) is 6. The Morgan fingerprint density at radius 1 is 1.19 bits per heavy atom. The van der Waals surface area contributed by atoms with Gasteiger partial charge in [0.25, 0.3) is 5.91 Å². The number of nitrogens with one attached hydrogen (secondary N) is 2. The second kappa shape index (κ2) is 10.4. The Hall–Kier alpha value is -3.14. The standard InChI is InChI=1S/C22H31N5O5/c1-25(2)16-8-6-15(7-9-16)22(31)26-11-12-27(19(28)14-32-3)18(13-26)21(30)24-17-5-4-10-23-20(17)29/h6-9,17-18H,4-5,10-14H2,1-3H3,(H,23,29)(H,24,30). The summed E-state index contributed by atoms with van der Waals surface area (Å²) in [6.07, 6.45) is 1.30. The van der Waals surface area contributed by atoms with Gasteiger partial charge in [0.15, 0.2) is 0 Å². The summed E-state index contributed by atoms with van der Waals surface area (Å²) in [5.41, 5.74) is 1.48. The molecule has 0 spiro atoms. The van der Waals surface area contributed by atoms with Gasteiger partial charge in [0, 0.05) is 52.1 Å². The van der Waals surface area contributed by atoms with Crippen molar-refractivity contribution in [2.75, 3.05) is 58.9 Å². The molecule has 10 nitrogen and oxygen atoms in total. The van der Waals surface area contributed by atoms with Gasteiger partial charge in [-0.25, -0.2) is 0 Å². The summed E-state index contributed by atoms with van der Waals surface area (Å²) < 4.78 is 4.95. The quantitative estimate of drug-likeness (QED) is 0.608. The van der Waals surface area contributed by atoms with Crippen LogP contribution >= 0.6 is 0 Å². The van der Waals surface area contributed by atoms with E-state index in [1.807, 2.05) is 31.1 Å². The first kappa shape index (κ1) is 23.5. The number of methoxy groups -OCH3 is 1. The van der Waals surface area contributed by atoms with E-state index in [1.54, 1.807) is 17.0 Å². The molecule has 2 heterocycles. The van der Waals surface area contributed by atoms with Crippen LogP contribution in [0.5, 0.6) is 0 Å². The number of carbonyl (C=O) groups excluding carboxylic acids is 4. The highest BCUT2D eigenvalue weighted by atomic mass is 16.5. The molecule has 0 aliphatic carbocycles. The highest BCUT2D eigenvalue weighted by Gasteiger charge is 2.38. The molecule has 0 saturated carbocycles. The third kappa shape index (κ3) is 5.37. The lowest BCUT2D eigenvalue weighted by atomic mass is 10.0. The highest BCUT2D eigenvalue weighted by molar-refractivity contribution is 5.97. The lowest BCUT2D eigenvalue weighted by molar-refractivity contribution is -0.146. The van der Waals surface area contributed by atoms with E-state index in [9.17, 15) is 19.2 Å². The first-order chi connectivity index (χ1) is 15.3. The highest BCUT2D eigenvalue weighted by Crippen LogP contribution is 2.18. The van der Waals surface area contributed by atoms with E-state index in [-0.39, 0.29) is 37.4 Å². The fourth-order valence-corrected chi connectivity index (χ4v) is 3.96. The Morgan fingerprint density at radius 3 is 2.53 bits per heavy atom. The summed E-state index contributed by atoms with van der Waals surface area (Å²) in [6.45, 7) is 0.982. The topological polar surface area (TPSA) is 111 Å². The van der Waals surface area contributed by atoms with Gasteiger partial charge in [-0.3, -0.25) is 19.2 Å². The average molecular weight is 446 g/mol. The van der Waals surface area contributed by atoms with Crippen LogP contribution in [0.15, 0.2) is 24.3 Å². The molecule has 2 atom stereocenters. The van der Waals surface area contributed by atoms with E-state index in [2.05, 4.69) is 10.6 Å². The van der Waals surface area contributed by atoms with Gasteiger partial charge >= 0.3 is 0 Å². The molecule has 0 radical (unpaired) electrons. The lowest BCUT2D eigenvalue weighted by Gasteiger charge is -2.41. The van der Waals surface area contributed by atoms with Gasteiger partial charge in [-0.15, -0.1) is 0 Å². The van der Waals surface area contributed by atoms with Crippen LogP contribution in [0.3, 0.4) is 0 Å². The Labute approximate surface area is 187 Å². The molecule has 2 saturated heterocycles. The van der Waals surface area contributed by atoms with Crippen LogP contribution in [-0.4, -0.2) is 99.5 Å². The Balaban J connectivity index is 1.75. The number of ether oxygens (including phenoxy) is 1. The summed E-state index contributed by atoms with van der Waals surface area (Å²) in [7, 11) is 5.25. The monoisotopic (exact) mass is 445 g/mol. The number of carbonyl (C=O) groups is 4. The third-order valence-electron chi connectivity index (χ3n) is 5.79. The normalized spacial score (nSPS) is 21.0. The molecule has 3 rings (SSSR count). The number of piperazine rings is 1. The number of nitrogens with zero attached hydrogens (tertiary/aromatic N) is 3. The maximum absolute atomic E-state index is 13.1. The van der Waals surface area contributed by atoms with Gasteiger partial charge in [-0.2, -0.15) is 0 Å². The van der Waals surface area contributed by atoms with Crippen LogP contribution in [0.4, 0.5) is 5.69 Å². The minimum atomic E-state index is -0.897. The van der Waals surface area contributed by atoms with Crippen molar-refractivity contribution in [3.63, 3.8) is 0 Å². The zero-order valence-electron chi connectivity index (χ0n) is 18.8.